The van der Waals surface area contributed by atoms with Gasteiger partial charge >= 0.3 is 0 Å². The first-order valence-corrected chi connectivity index (χ1v) is 17.2. The summed E-state index contributed by atoms with van der Waals surface area (Å²) in [5.41, 5.74) is -0.815. The van der Waals surface area contributed by atoms with Gasteiger partial charge in [-0.05, 0) is 84.7 Å². The summed E-state index contributed by atoms with van der Waals surface area (Å²) in [7, 11) is 2.82. The van der Waals surface area contributed by atoms with E-state index in [1.165, 1.54) is 34.4 Å². The number of benzene rings is 2. The average molecular weight is 647 g/mol. The van der Waals surface area contributed by atoms with E-state index >= 15 is 0 Å². The van der Waals surface area contributed by atoms with Gasteiger partial charge in [-0.1, -0.05) is 70.4 Å². The van der Waals surface area contributed by atoms with Crippen LogP contribution in [0.3, 0.4) is 0 Å². The van der Waals surface area contributed by atoms with Crippen molar-refractivity contribution in [1.82, 2.24) is 14.8 Å². The van der Waals surface area contributed by atoms with Crippen molar-refractivity contribution < 1.29 is 14.2 Å². The minimum atomic E-state index is -1.19. The molecule has 42 heavy (non-hydrogen) atoms. The van der Waals surface area contributed by atoms with Crippen LogP contribution >= 0.6 is 45.0 Å². The molecule has 1 aromatic heterocycles. The molecule has 2 aliphatic carbocycles. The van der Waals surface area contributed by atoms with Crippen molar-refractivity contribution in [3.8, 4) is 0 Å². The predicted octanol–water partition coefficient (Wildman–Crippen LogP) is 6.91. The molecular formula is C30H35Cl2N6O2S2+. The standard InChI is InChI=1S/C30H35Cl2N6O2S2/c1-20(22-9-10-22)29(39,24-5-3-7-26(31)13-24)15-37-28(34-18-35-37)41-42-38(19-33-17-36-38)16-30(40,21(2)23-11-12-23)25-6-4-8-27(32)14-25/h3-8,13-14,17-23,39-40H,9-12,15-16H2,1-2H3/q+1. The molecule has 6 rings (SSSR count). The summed E-state index contributed by atoms with van der Waals surface area (Å²) in [5.74, 6) is 0.900. The number of quaternary nitrogens is 1. The zero-order chi connectivity index (χ0) is 29.5. The van der Waals surface area contributed by atoms with Gasteiger partial charge in [0.05, 0.1) is 6.54 Å². The smallest absolute Gasteiger partial charge is 0.231 e. The lowest BCUT2D eigenvalue weighted by molar-refractivity contribution is -0.706. The van der Waals surface area contributed by atoms with Crippen molar-refractivity contribution in [3.63, 3.8) is 0 Å². The normalized spacial score (nSPS) is 24.3. The zero-order valence-corrected chi connectivity index (χ0v) is 26.7. The third kappa shape index (κ3) is 6.18. The van der Waals surface area contributed by atoms with E-state index in [2.05, 4.69) is 28.9 Å². The first-order valence-electron chi connectivity index (χ1n) is 14.3. The number of aliphatic hydroxyl groups is 2. The molecule has 0 radical (unpaired) electrons. The van der Waals surface area contributed by atoms with Gasteiger partial charge in [0.15, 0.2) is 23.9 Å². The van der Waals surface area contributed by atoms with Crippen LogP contribution in [0.1, 0.15) is 50.7 Å². The Kier molecular flexibility index (Phi) is 8.52. The summed E-state index contributed by atoms with van der Waals surface area (Å²) < 4.78 is 1.76. The summed E-state index contributed by atoms with van der Waals surface area (Å²) in [6, 6.07) is 14.9. The van der Waals surface area contributed by atoms with E-state index in [1.807, 2.05) is 48.5 Å². The van der Waals surface area contributed by atoms with E-state index in [4.69, 9.17) is 28.3 Å². The third-order valence-electron chi connectivity index (χ3n) is 9.05. The van der Waals surface area contributed by atoms with E-state index in [-0.39, 0.29) is 28.9 Å². The molecule has 3 aromatic rings. The molecule has 0 saturated heterocycles. The quantitative estimate of drug-likeness (QED) is 0.119. The summed E-state index contributed by atoms with van der Waals surface area (Å²) in [6.07, 6.45) is 9.17. The molecule has 3 aliphatic rings. The molecule has 5 atom stereocenters. The maximum Gasteiger partial charge on any atom is 0.231 e. The Labute approximate surface area is 264 Å². The van der Waals surface area contributed by atoms with Crippen molar-refractivity contribution >= 4 is 57.7 Å². The Morgan fingerprint density at radius 3 is 2.10 bits per heavy atom. The van der Waals surface area contributed by atoms with Crippen LogP contribution in [0.15, 0.2) is 70.1 Å². The van der Waals surface area contributed by atoms with Gasteiger partial charge in [0.25, 0.3) is 0 Å². The molecule has 2 heterocycles. The van der Waals surface area contributed by atoms with Crippen molar-refractivity contribution in [2.24, 2.45) is 33.8 Å². The molecule has 2 aromatic carbocycles. The monoisotopic (exact) mass is 645 g/mol. The molecule has 1 aliphatic heterocycles. The van der Waals surface area contributed by atoms with E-state index in [0.717, 1.165) is 36.8 Å². The number of hydrogen-bond donors (Lipinski definition) is 2. The second-order valence-corrected chi connectivity index (χ2v) is 15.0. The average Bonchev–Trinajstić information content (AvgIpc) is 3.91. The second kappa shape index (κ2) is 11.9. The Morgan fingerprint density at radius 2 is 1.55 bits per heavy atom. The van der Waals surface area contributed by atoms with E-state index in [9.17, 15) is 10.2 Å². The van der Waals surface area contributed by atoms with Gasteiger partial charge in [-0.2, -0.15) is 10.1 Å². The fourth-order valence-corrected chi connectivity index (χ4v) is 8.66. The van der Waals surface area contributed by atoms with Crippen LogP contribution in [0.25, 0.3) is 0 Å². The number of aliphatic imine (C=N–C) groups is 1. The number of halogens is 2. The van der Waals surface area contributed by atoms with Gasteiger partial charge in [-0.15, -0.1) is 0 Å². The Bertz CT molecular complexity index is 1480. The van der Waals surface area contributed by atoms with E-state index < -0.39 is 11.2 Å². The SMILES string of the molecule is CC(C1CC1)C(O)(Cn1ncnc1SS[N+]1(CC(O)(c2cccc(Cl)c2)C(C)C2CC2)C=NC=N1)c1cccc(Cl)c1. The number of hydrogen-bond acceptors (Lipinski definition) is 8. The maximum atomic E-state index is 12.3. The predicted molar refractivity (Wildman–Crippen MR) is 170 cm³/mol. The molecule has 0 spiro atoms. The van der Waals surface area contributed by atoms with Crippen LogP contribution in [0.4, 0.5) is 0 Å². The van der Waals surface area contributed by atoms with E-state index in [0.29, 0.717) is 27.0 Å². The summed E-state index contributed by atoms with van der Waals surface area (Å²) >= 11 is 12.7. The fraction of sp³-hybridized carbons (Fsp3) is 0.467. The van der Waals surface area contributed by atoms with Crippen molar-refractivity contribution in [2.75, 3.05) is 6.54 Å². The molecule has 2 fully saturated rings. The molecule has 2 saturated carbocycles. The van der Waals surface area contributed by atoms with Crippen LogP contribution in [0.2, 0.25) is 10.0 Å². The lowest BCUT2D eigenvalue weighted by atomic mass is 9.79. The highest BCUT2D eigenvalue weighted by molar-refractivity contribution is 8.74. The topological polar surface area (TPSA) is 95.9 Å². The lowest BCUT2D eigenvalue weighted by Crippen LogP contribution is -2.49. The van der Waals surface area contributed by atoms with Crippen LogP contribution in [-0.2, 0) is 17.7 Å². The molecule has 222 valence electrons. The molecule has 8 nitrogen and oxygen atoms in total. The molecule has 12 heteroatoms. The van der Waals surface area contributed by atoms with Crippen LogP contribution in [0.5, 0.6) is 0 Å². The summed E-state index contributed by atoms with van der Waals surface area (Å²) in [6.45, 7) is 4.71. The highest BCUT2D eigenvalue weighted by Gasteiger charge is 2.52. The van der Waals surface area contributed by atoms with Crippen LogP contribution < -0.4 is 0 Å². The second-order valence-electron chi connectivity index (χ2n) is 11.9. The maximum absolute atomic E-state index is 12.3. The summed E-state index contributed by atoms with van der Waals surface area (Å²) in [5, 5.41) is 35.5. The lowest BCUT2D eigenvalue weighted by Gasteiger charge is -2.37. The minimum Gasteiger partial charge on any atom is -0.383 e. The molecular weight excluding hydrogens is 611 g/mol. The van der Waals surface area contributed by atoms with Gasteiger partial charge < -0.3 is 10.2 Å². The first-order chi connectivity index (χ1) is 20.1. The zero-order valence-electron chi connectivity index (χ0n) is 23.6. The Morgan fingerprint density at radius 1 is 0.952 bits per heavy atom. The first kappa shape index (κ1) is 30.1. The van der Waals surface area contributed by atoms with Crippen molar-refractivity contribution in [1.29, 1.82) is 0 Å². The molecule has 2 N–H and O–H groups in total. The van der Waals surface area contributed by atoms with Gasteiger partial charge in [-0.25, -0.2) is 9.67 Å². The van der Waals surface area contributed by atoms with Crippen molar-refractivity contribution in [3.05, 3.63) is 76.0 Å². The molecule has 5 unspecified atom stereocenters. The number of aromatic nitrogens is 3. The molecule has 0 amide bonds. The highest BCUT2D eigenvalue weighted by atomic mass is 35.5. The largest absolute Gasteiger partial charge is 0.383 e. The summed E-state index contributed by atoms with van der Waals surface area (Å²) in [4.78, 5) is 8.85. The van der Waals surface area contributed by atoms with E-state index in [1.54, 1.807) is 11.0 Å². The number of nitrogens with zero attached hydrogens (tertiary/aromatic N) is 6. The van der Waals surface area contributed by atoms with Gasteiger partial charge in [0.1, 0.15) is 17.5 Å². The van der Waals surface area contributed by atoms with Crippen LogP contribution in [-0.4, -0.2) is 48.2 Å². The Hall–Kier alpha value is -1.92. The minimum absolute atomic E-state index is 0.000956. The van der Waals surface area contributed by atoms with Crippen molar-refractivity contribution in [2.45, 2.75) is 62.4 Å². The highest BCUT2D eigenvalue weighted by Crippen LogP contribution is 2.51. The third-order valence-corrected chi connectivity index (χ3v) is 12.1. The number of rotatable bonds is 13. The Balaban J connectivity index is 1.26. The van der Waals surface area contributed by atoms with Gasteiger partial charge in [-0.3, -0.25) is 0 Å². The molecule has 0 bridgehead atoms. The van der Waals surface area contributed by atoms with Crippen LogP contribution in [0, 0.1) is 23.7 Å². The van der Waals surface area contributed by atoms with Gasteiger partial charge in [0.2, 0.25) is 11.5 Å². The van der Waals surface area contributed by atoms with Gasteiger partial charge in [0, 0.05) is 20.8 Å². The fourth-order valence-electron chi connectivity index (χ4n) is 6.01.